The van der Waals surface area contributed by atoms with Crippen LogP contribution >= 0.6 is 0 Å². The van der Waals surface area contributed by atoms with Gasteiger partial charge in [-0.15, -0.1) is 0 Å². The summed E-state index contributed by atoms with van der Waals surface area (Å²) in [6.45, 7) is 1.35. The van der Waals surface area contributed by atoms with Crippen LogP contribution in [0.3, 0.4) is 0 Å². The standard InChI is InChI=1S/C19H20N4O3/c24-17(12-21-19(26)14-6-2-1-3-7-14)22-15-8-4-5-9-16(15)23-11-10-20-18(25)13-23/h1-9H,10-13H2,(H,20,25)(H,21,26)(H,22,24). The molecule has 3 rings (SSSR count). The predicted octanol–water partition coefficient (Wildman–Crippen LogP) is 0.991. The molecular weight excluding hydrogens is 332 g/mol. The van der Waals surface area contributed by atoms with Crippen LogP contribution in [0.4, 0.5) is 11.4 Å². The van der Waals surface area contributed by atoms with E-state index in [-0.39, 0.29) is 30.8 Å². The molecule has 0 unspecified atom stereocenters. The summed E-state index contributed by atoms with van der Waals surface area (Å²) in [4.78, 5) is 37.8. The maximum absolute atomic E-state index is 12.2. The van der Waals surface area contributed by atoms with E-state index in [9.17, 15) is 14.4 Å². The van der Waals surface area contributed by atoms with Gasteiger partial charge in [0.05, 0.1) is 24.5 Å². The number of rotatable bonds is 5. The zero-order valence-corrected chi connectivity index (χ0v) is 14.2. The molecule has 0 bridgehead atoms. The molecule has 0 atom stereocenters. The second-order valence-electron chi connectivity index (χ2n) is 5.89. The Kier molecular flexibility index (Phi) is 5.48. The fourth-order valence-corrected chi connectivity index (χ4v) is 2.75. The summed E-state index contributed by atoms with van der Waals surface area (Å²) in [5.74, 6) is -0.683. The van der Waals surface area contributed by atoms with Gasteiger partial charge in [-0.2, -0.15) is 0 Å². The van der Waals surface area contributed by atoms with Gasteiger partial charge in [0, 0.05) is 18.7 Å². The first-order valence-corrected chi connectivity index (χ1v) is 8.37. The van der Waals surface area contributed by atoms with Crippen LogP contribution < -0.4 is 20.9 Å². The van der Waals surface area contributed by atoms with Crippen LogP contribution in [-0.2, 0) is 9.59 Å². The number of carbonyl (C=O) groups is 3. The SMILES string of the molecule is O=C1CN(c2ccccc2NC(=O)CNC(=O)c2ccccc2)CCN1. The molecule has 1 heterocycles. The van der Waals surface area contributed by atoms with Gasteiger partial charge in [-0.3, -0.25) is 14.4 Å². The van der Waals surface area contributed by atoms with Crippen molar-refractivity contribution in [3.63, 3.8) is 0 Å². The summed E-state index contributed by atoms with van der Waals surface area (Å²) < 4.78 is 0. The monoisotopic (exact) mass is 352 g/mol. The number of para-hydroxylation sites is 2. The number of anilines is 2. The molecule has 3 amide bonds. The second-order valence-corrected chi connectivity index (χ2v) is 5.89. The quantitative estimate of drug-likeness (QED) is 0.749. The van der Waals surface area contributed by atoms with Gasteiger partial charge >= 0.3 is 0 Å². The lowest BCUT2D eigenvalue weighted by Gasteiger charge is -2.30. The molecule has 0 radical (unpaired) electrons. The summed E-state index contributed by atoms with van der Waals surface area (Å²) in [6.07, 6.45) is 0. The third kappa shape index (κ3) is 4.38. The van der Waals surface area contributed by atoms with Gasteiger partial charge in [-0.05, 0) is 24.3 Å². The van der Waals surface area contributed by atoms with Crippen molar-refractivity contribution in [2.45, 2.75) is 0 Å². The Bertz CT molecular complexity index is 807. The summed E-state index contributed by atoms with van der Waals surface area (Å²) in [7, 11) is 0. The number of hydrogen-bond acceptors (Lipinski definition) is 4. The highest BCUT2D eigenvalue weighted by molar-refractivity contribution is 6.00. The number of piperazine rings is 1. The van der Waals surface area contributed by atoms with Crippen molar-refractivity contribution < 1.29 is 14.4 Å². The molecule has 0 spiro atoms. The van der Waals surface area contributed by atoms with Crippen molar-refractivity contribution in [1.82, 2.24) is 10.6 Å². The Labute approximate surface area is 151 Å². The van der Waals surface area contributed by atoms with E-state index >= 15 is 0 Å². The maximum Gasteiger partial charge on any atom is 0.251 e. The maximum atomic E-state index is 12.2. The number of amides is 3. The predicted molar refractivity (Wildman–Crippen MR) is 99.1 cm³/mol. The third-order valence-corrected chi connectivity index (χ3v) is 4.00. The lowest BCUT2D eigenvalue weighted by molar-refractivity contribution is -0.120. The number of nitrogens with one attached hydrogen (secondary N) is 3. The molecule has 1 aliphatic rings. The smallest absolute Gasteiger partial charge is 0.251 e. The average molecular weight is 352 g/mol. The lowest BCUT2D eigenvalue weighted by Crippen LogP contribution is -2.48. The minimum absolute atomic E-state index is 0.0486. The van der Waals surface area contributed by atoms with E-state index in [0.29, 0.717) is 24.3 Å². The van der Waals surface area contributed by atoms with Crippen LogP contribution in [0.5, 0.6) is 0 Å². The molecule has 0 saturated carbocycles. The van der Waals surface area contributed by atoms with Crippen molar-refractivity contribution in [2.24, 2.45) is 0 Å². The topological polar surface area (TPSA) is 90.5 Å². The van der Waals surface area contributed by atoms with E-state index in [1.807, 2.05) is 29.2 Å². The van der Waals surface area contributed by atoms with E-state index < -0.39 is 0 Å². The molecule has 1 aliphatic heterocycles. The lowest BCUT2D eigenvalue weighted by atomic mass is 10.2. The number of hydrogen-bond donors (Lipinski definition) is 3. The highest BCUT2D eigenvalue weighted by atomic mass is 16.2. The molecule has 26 heavy (non-hydrogen) atoms. The van der Waals surface area contributed by atoms with E-state index in [1.54, 1.807) is 30.3 Å². The fraction of sp³-hybridized carbons (Fsp3) is 0.211. The Morgan fingerprint density at radius 2 is 1.77 bits per heavy atom. The molecular formula is C19H20N4O3. The van der Waals surface area contributed by atoms with Crippen LogP contribution in [0.25, 0.3) is 0 Å². The number of carbonyl (C=O) groups excluding carboxylic acids is 3. The summed E-state index contributed by atoms with van der Waals surface area (Å²) in [6, 6.07) is 16.0. The van der Waals surface area contributed by atoms with Gasteiger partial charge in [0.2, 0.25) is 11.8 Å². The highest BCUT2D eigenvalue weighted by Crippen LogP contribution is 2.25. The van der Waals surface area contributed by atoms with Crippen molar-refractivity contribution in [3.8, 4) is 0 Å². The average Bonchev–Trinajstić information content (AvgIpc) is 2.67. The molecule has 0 aliphatic carbocycles. The normalized spacial score (nSPS) is 13.7. The van der Waals surface area contributed by atoms with Crippen LogP contribution in [-0.4, -0.2) is 43.9 Å². The first-order chi connectivity index (χ1) is 12.6. The molecule has 0 aromatic heterocycles. The summed E-state index contributed by atoms with van der Waals surface area (Å²) >= 11 is 0. The van der Waals surface area contributed by atoms with Crippen LogP contribution in [0.15, 0.2) is 54.6 Å². The zero-order valence-electron chi connectivity index (χ0n) is 14.2. The molecule has 2 aromatic rings. The molecule has 1 saturated heterocycles. The first kappa shape index (κ1) is 17.5. The van der Waals surface area contributed by atoms with E-state index in [1.165, 1.54) is 0 Å². The minimum Gasteiger partial charge on any atom is -0.359 e. The Morgan fingerprint density at radius 1 is 1.04 bits per heavy atom. The van der Waals surface area contributed by atoms with Gasteiger partial charge in [0.25, 0.3) is 5.91 Å². The van der Waals surface area contributed by atoms with Crippen molar-refractivity contribution >= 4 is 29.1 Å². The van der Waals surface area contributed by atoms with Gasteiger partial charge in [-0.1, -0.05) is 30.3 Å². The highest BCUT2D eigenvalue weighted by Gasteiger charge is 2.19. The van der Waals surface area contributed by atoms with Crippen molar-refractivity contribution in [3.05, 3.63) is 60.2 Å². The van der Waals surface area contributed by atoms with Crippen LogP contribution in [0.2, 0.25) is 0 Å². The molecule has 2 aromatic carbocycles. The molecule has 134 valence electrons. The molecule has 3 N–H and O–H groups in total. The number of nitrogens with zero attached hydrogens (tertiary/aromatic N) is 1. The van der Waals surface area contributed by atoms with Gasteiger partial charge in [0.1, 0.15) is 0 Å². The molecule has 7 nitrogen and oxygen atoms in total. The Hall–Kier alpha value is -3.35. The summed E-state index contributed by atoms with van der Waals surface area (Å²) in [5, 5.41) is 8.17. The van der Waals surface area contributed by atoms with E-state index in [4.69, 9.17) is 0 Å². The van der Waals surface area contributed by atoms with Crippen molar-refractivity contribution in [1.29, 1.82) is 0 Å². The molecule has 7 heteroatoms. The van der Waals surface area contributed by atoms with Crippen LogP contribution in [0.1, 0.15) is 10.4 Å². The van der Waals surface area contributed by atoms with Gasteiger partial charge in [-0.25, -0.2) is 0 Å². The van der Waals surface area contributed by atoms with E-state index in [2.05, 4.69) is 16.0 Å². The van der Waals surface area contributed by atoms with Crippen molar-refractivity contribution in [2.75, 3.05) is 36.4 Å². The minimum atomic E-state index is -0.330. The second kappa shape index (κ2) is 8.15. The Balaban J connectivity index is 1.61. The largest absolute Gasteiger partial charge is 0.359 e. The van der Waals surface area contributed by atoms with Gasteiger partial charge in [0.15, 0.2) is 0 Å². The summed E-state index contributed by atoms with van der Waals surface area (Å²) in [5.41, 5.74) is 1.89. The fourth-order valence-electron chi connectivity index (χ4n) is 2.75. The third-order valence-electron chi connectivity index (χ3n) is 4.00. The van der Waals surface area contributed by atoms with E-state index in [0.717, 1.165) is 5.69 Å². The first-order valence-electron chi connectivity index (χ1n) is 8.37. The zero-order chi connectivity index (χ0) is 18.4. The Morgan fingerprint density at radius 3 is 2.54 bits per heavy atom. The number of benzene rings is 2. The van der Waals surface area contributed by atoms with Crippen LogP contribution in [0, 0.1) is 0 Å². The van der Waals surface area contributed by atoms with Gasteiger partial charge < -0.3 is 20.9 Å². The molecule has 1 fully saturated rings.